The first-order valence-corrected chi connectivity index (χ1v) is 21.0. The first-order chi connectivity index (χ1) is 28.6. The average Bonchev–Trinajstić information content (AvgIpc) is 3.87. The first-order valence-electron chi connectivity index (χ1n) is 21.0. The highest BCUT2D eigenvalue weighted by molar-refractivity contribution is 6.10. The largest absolute Gasteiger partial charge is 0.310 e. The number of anilines is 3. The van der Waals surface area contributed by atoms with Crippen LogP contribution in [0.25, 0.3) is 49.7 Å². The van der Waals surface area contributed by atoms with E-state index in [1.807, 2.05) is 0 Å². The molecule has 0 unspecified atom stereocenters. The molecule has 0 atom stereocenters. The third-order valence-corrected chi connectivity index (χ3v) is 13.0. The van der Waals surface area contributed by atoms with Crippen LogP contribution in [0.5, 0.6) is 0 Å². The SMILES string of the molecule is CCCCc1ccc2c(c1)c1cc(C(C)C)ccc1n2-c1ccc(N(c2ccccc2)c2ccc3c(c2)C2(c4ccccc4-c4ccccc42)c2ccccc2-3)cc1. The van der Waals surface area contributed by atoms with Crippen LogP contribution in [-0.4, -0.2) is 4.57 Å². The highest BCUT2D eigenvalue weighted by Gasteiger charge is 2.51. The molecule has 0 aliphatic heterocycles. The van der Waals surface area contributed by atoms with Gasteiger partial charge in [0.2, 0.25) is 0 Å². The third kappa shape index (κ3) is 5.04. The minimum Gasteiger partial charge on any atom is -0.310 e. The van der Waals surface area contributed by atoms with Crippen LogP contribution in [0, 0.1) is 0 Å². The highest BCUT2D eigenvalue weighted by atomic mass is 15.1. The number of fused-ring (bicyclic) bond motifs is 13. The van der Waals surface area contributed by atoms with Gasteiger partial charge in [-0.2, -0.15) is 0 Å². The zero-order valence-corrected chi connectivity index (χ0v) is 33.4. The van der Waals surface area contributed by atoms with Gasteiger partial charge in [-0.05, 0) is 147 Å². The van der Waals surface area contributed by atoms with Gasteiger partial charge in [0.25, 0.3) is 0 Å². The molecule has 2 aliphatic rings. The van der Waals surface area contributed by atoms with Crippen LogP contribution < -0.4 is 4.90 Å². The lowest BCUT2D eigenvalue weighted by Gasteiger charge is -2.32. The van der Waals surface area contributed by atoms with Crippen LogP contribution in [0.4, 0.5) is 17.1 Å². The summed E-state index contributed by atoms with van der Waals surface area (Å²) in [7, 11) is 0. The monoisotopic (exact) mass is 746 g/mol. The molecule has 1 heterocycles. The van der Waals surface area contributed by atoms with Gasteiger partial charge in [-0.25, -0.2) is 0 Å². The number of rotatable bonds is 8. The molecule has 1 spiro atoms. The van der Waals surface area contributed by atoms with Crippen molar-refractivity contribution in [3.63, 3.8) is 0 Å². The van der Waals surface area contributed by atoms with E-state index in [4.69, 9.17) is 0 Å². The Labute approximate surface area is 341 Å². The van der Waals surface area contributed by atoms with Crippen molar-refractivity contribution in [2.75, 3.05) is 4.90 Å². The molecule has 0 fully saturated rings. The van der Waals surface area contributed by atoms with Crippen molar-refractivity contribution in [3.05, 3.63) is 215 Å². The molecule has 1 aromatic heterocycles. The minimum atomic E-state index is -0.399. The van der Waals surface area contributed by atoms with Gasteiger partial charge in [-0.15, -0.1) is 0 Å². The average molecular weight is 747 g/mol. The summed E-state index contributed by atoms with van der Waals surface area (Å²) in [4.78, 5) is 2.42. The van der Waals surface area contributed by atoms with Gasteiger partial charge in [0.1, 0.15) is 0 Å². The highest BCUT2D eigenvalue weighted by Crippen LogP contribution is 2.63. The summed E-state index contributed by atoms with van der Waals surface area (Å²) in [5.41, 5.74) is 20.1. The summed E-state index contributed by atoms with van der Waals surface area (Å²) in [5, 5.41) is 2.67. The van der Waals surface area contributed by atoms with Crippen molar-refractivity contribution in [2.45, 2.75) is 51.4 Å². The molecule has 280 valence electrons. The normalized spacial score (nSPS) is 13.2. The van der Waals surface area contributed by atoms with Gasteiger partial charge < -0.3 is 9.47 Å². The summed E-state index contributed by atoms with van der Waals surface area (Å²) >= 11 is 0. The van der Waals surface area contributed by atoms with E-state index in [0.29, 0.717) is 5.92 Å². The van der Waals surface area contributed by atoms with Gasteiger partial charge in [0, 0.05) is 33.5 Å². The zero-order valence-electron chi connectivity index (χ0n) is 33.4. The Kier molecular flexibility index (Phi) is 8.05. The number of unbranched alkanes of at least 4 members (excludes halogenated alkanes) is 1. The standard InChI is InChI=1S/C56H46N2/c1-4-5-15-38-24-32-54-48(34-38)49-35-39(37(2)3)25-33-55(49)58(54)42-28-26-41(27-29-42)57(40-16-7-6-8-17-40)43-30-31-47-46-20-11-14-23-52(46)56(53(47)36-43)50-21-12-9-18-44(50)45-19-10-13-22-51(45)56/h6-14,16-37H,4-5,15H2,1-3H3. The number of aromatic nitrogens is 1. The Balaban J connectivity index is 1.08. The van der Waals surface area contributed by atoms with Crippen LogP contribution >= 0.6 is 0 Å². The maximum atomic E-state index is 2.48. The van der Waals surface area contributed by atoms with Crippen LogP contribution in [0.15, 0.2) is 182 Å². The Hall–Kier alpha value is -6.64. The Bertz CT molecular complexity index is 2960. The van der Waals surface area contributed by atoms with Crippen molar-refractivity contribution in [2.24, 2.45) is 0 Å². The molecule has 58 heavy (non-hydrogen) atoms. The van der Waals surface area contributed by atoms with Crippen molar-refractivity contribution < 1.29 is 0 Å². The predicted molar refractivity (Wildman–Crippen MR) is 244 cm³/mol. The Morgan fingerprint density at radius 3 is 1.64 bits per heavy atom. The number of para-hydroxylation sites is 1. The number of benzene rings is 8. The van der Waals surface area contributed by atoms with Gasteiger partial charge in [-0.1, -0.05) is 136 Å². The lowest BCUT2D eigenvalue weighted by Crippen LogP contribution is -2.26. The molecular weight excluding hydrogens is 701 g/mol. The summed E-state index contributed by atoms with van der Waals surface area (Å²) in [6.07, 6.45) is 3.52. The van der Waals surface area contributed by atoms with Crippen molar-refractivity contribution in [1.82, 2.24) is 4.57 Å². The number of aryl methyl sites for hydroxylation is 1. The maximum Gasteiger partial charge on any atom is 0.0726 e. The summed E-state index contributed by atoms with van der Waals surface area (Å²) in [6, 6.07) is 68.5. The fourth-order valence-corrected chi connectivity index (χ4v) is 10.3. The predicted octanol–water partition coefficient (Wildman–Crippen LogP) is 15.1. The van der Waals surface area contributed by atoms with Crippen molar-refractivity contribution in [3.8, 4) is 27.9 Å². The zero-order chi connectivity index (χ0) is 39.0. The van der Waals surface area contributed by atoms with Gasteiger partial charge in [0.05, 0.1) is 16.4 Å². The van der Waals surface area contributed by atoms with Crippen LogP contribution in [0.1, 0.15) is 72.9 Å². The second kappa shape index (κ2) is 13.5. The molecule has 8 aromatic carbocycles. The number of nitrogens with zero attached hydrogens (tertiary/aromatic N) is 2. The second-order valence-electron chi connectivity index (χ2n) is 16.5. The fourth-order valence-electron chi connectivity index (χ4n) is 10.3. The van der Waals surface area contributed by atoms with Crippen LogP contribution in [-0.2, 0) is 11.8 Å². The molecule has 0 radical (unpaired) electrons. The van der Waals surface area contributed by atoms with E-state index in [-0.39, 0.29) is 0 Å². The second-order valence-corrected chi connectivity index (χ2v) is 16.5. The lowest BCUT2D eigenvalue weighted by molar-refractivity contribution is 0.793. The Morgan fingerprint density at radius 1 is 0.483 bits per heavy atom. The number of hydrogen-bond acceptors (Lipinski definition) is 1. The molecule has 0 amide bonds. The van der Waals surface area contributed by atoms with E-state index in [1.165, 1.54) is 90.3 Å². The molecule has 2 nitrogen and oxygen atoms in total. The molecule has 0 bridgehead atoms. The fraction of sp³-hybridized carbons (Fsp3) is 0.143. The summed E-state index contributed by atoms with van der Waals surface area (Å²) in [5.74, 6) is 0.468. The molecule has 0 N–H and O–H groups in total. The smallest absolute Gasteiger partial charge is 0.0726 e. The van der Waals surface area contributed by atoms with Crippen LogP contribution in [0.2, 0.25) is 0 Å². The molecule has 11 rings (SSSR count). The number of hydrogen-bond donors (Lipinski definition) is 0. The third-order valence-electron chi connectivity index (χ3n) is 13.0. The molecule has 0 saturated heterocycles. The topological polar surface area (TPSA) is 8.17 Å². The summed E-state index contributed by atoms with van der Waals surface area (Å²) in [6.45, 7) is 6.85. The van der Waals surface area contributed by atoms with E-state index in [2.05, 4.69) is 212 Å². The van der Waals surface area contributed by atoms with E-state index >= 15 is 0 Å². The quantitative estimate of drug-likeness (QED) is 0.150. The van der Waals surface area contributed by atoms with Crippen LogP contribution in [0.3, 0.4) is 0 Å². The van der Waals surface area contributed by atoms with Crippen molar-refractivity contribution in [1.29, 1.82) is 0 Å². The van der Waals surface area contributed by atoms with E-state index < -0.39 is 5.41 Å². The summed E-state index contributed by atoms with van der Waals surface area (Å²) < 4.78 is 2.46. The molecule has 0 saturated carbocycles. The maximum absolute atomic E-state index is 2.48. The van der Waals surface area contributed by atoms with Gasteiger partial charge >= 0.3 is 0 Å². The van der Waals surface area contributed by atoms with Gasteiger partial charge in [0.15, 0.2) is 0 Å². The molecule has 2 aliphatic carbocycles. The molecule has 2 heteroatoms. The molecular formula is C56H46N2. The first kappa shape index (κ1) is 34.6. The van der Waals surface area contributed by atoms with Crippen molar-refractivity contribution >= 4 is 38.9 Å². The van der Waals surface area contributed by atoms with E-state index in [0.717, 1.165) is 29.2 Å². The van der Waals surface area contributed by atoms with E-state index in [1.54, 1.807) is 0 Å². The van der Waals surface area contributed by atoms with E-state index in [9.17, 15) is 0 Å². The molecule has 9 aromatic rings. The lowest BCUT2D eigenvalue weighted by atomic mass is 9.70. The minimum absolute atomic E-state index is 0.399. The van der Waals surface area contributed by atoms with Gasteiger partial charge in [-0.3, -0.25) is 0 Å². The Morgan fingerprint density at radius 2 is 1.02 bits per heavy atom.